The van der Waals surface area contributed by atoms with Crippen LogP contribution in [0.3, 0.4) is 0 Å². The van der Waals surface area contributed by atoms with Crippen molar-refractivity contribution in [2.75, 3.05) is 18.0 Å². The van der Waals surface area contributed by atoms with Crippen molar-refractivity contribution in [1.29, 1.82) is 0 Å². The second kappa shape index (κ2) is 8.64. The van der Waals surface area contributed by atoms with Crippen molar-refractivity contribution < 1.29 is 9.18 Å². The molecule has 0 saturated carbocycles. The molecule has 4 aromatic rings. The molecule has 0 spiro atoms. The van der Waals surface area contributed by atoms with Gasteiger partial charge < -0.3 is 5.32 Å². The molecule has 33 heavy (non-hydrogen) atoms. The predicted octanol–water partition coefficient (Wildman–Crippen LogP) is 4.25. The maximum Gasteiger partial charge on any atom is 0.262 e. The van der Waals surface area contributed by atoms with E-state index in [-0.39, 0.29) is 17.5 Å². The molecule has 1 aromatic carbocycles. The van der Waals surface area contributed by atoms with E-state index in [1.165, 1.54) is 6.07 Å². The molecule has 1 amide bonds. The number of aryl methyl sites for hydroxylation is 2. The third-order valence-electron chi connectivity index (χ3n) is 6.31. The van der Waals surface area contributed by atoms with Crippen molar-refractivity contribution in [3.05, 3.63) is 58.5 Å². The van der Waals surface area contributed by atoms with Crippen LogP contribution in [0.15, 0.2) is 35.8 Å². The summed E-state index contributed by atoms with van der Waals surface area (Å²) in [7, 11) is 1.79. The Labute approximate surface area is 195 Å². The lowest BCUT2D eigenvalue weighted by atomic mass is 10.0. The number of benzene rings is 1. The molecule has 3 aromatic heterocycles. The van der Waals surface area contributed by atoms with E-state index in [2.05, 4.69) is 26.0 Å². The van der Waals surface area contributed by atoms with Crippen LogP contribution in [0.4, 0.5) is 10.2 Å². The molecule has 9 heteroatoms. The van der Waals surface area contributed by atoms with E-state index in [0.29, 0.717) is 23.6 Å². The Morgan fingerprint density at radius 3 is 2.85 bits per heavy atom. The molecule has 0 unspecified atom stereocenters. The molecule has 1 atom stereocenters. The lowest BCUT2D eigenvalue weighted by Gasteiger charge is -2.34. The number of thiophene rings is 1. The van der Waals surface area contributed by atoms with Crippen LogP contribution < -0.4 is 10.2 Å². The number of nitrogens with one attached hydrogen (secondary N) is 1. The summed E-state index contributed by atoms with van der Waals surface area (Å²) in [6, 6.07) is 6.49. The molecule has 5 rings (SSSR count). The van der Waals surface area contributed by atoms with Crippen molar-refractivity contribution in [2.24, 2.45) is 7.05 Å². The van der Waals surface area contributed by atoms with Gasteiger partial charge in [-0.25, -0.2) is 9.37 Å². The van der Waals surface area contributed by atoms with Crippen molar-refractivity contribution in [2.45, 2.75) is 32.7 Å². The summed E-state index contributed by atoms with van der Waals surface area (Å²) in [4.78, 5) is 20.2. The van der Waals surface area contributed by atoms with Crippen LogP contribution in [0.5, 0.6) is 0 Å². The predicted molar refractivity (Wildman–Crippen MR) is 128 cm³/mol. The Balaban J connectivity index is 1.59. The number of carbonyl (C=O) groups is 1. The lowest BCUT2D eigenvalue weighted by molar-refractivity contribution is 0.0968. The van der Waals surface area contributed by atoms with Crippen molar-refractivity contribution in [3.8, 4) is 11.3 Å². The number of piperidine rings is 1. The number of halogens is 1. The van der Waals surface area contributed by atoms with Gasteiger partial charge in [-0.05, 0) is 62.4 Å². The highest BCUT2D eigenvalue weighted by atomic mass is 32.1. The fourth-order valence-corrected chi connectivity index (χ4v) is 5.35. The Kier molecular flexibility index (Phi) is 5.67. The SMILES string of the molecule is Cc1csc2ccnc(N(C(=O)c3ccc(-c4nnn(C)c4C)cc3F)[C@@H]3CCCNC3)c12. The van der Waals surface area contributed by atoms with Crippen molar-refractivity contribution in [1.82, 2.24) is 25.3 Å². The number of anilines is 1. The molecule has 1 aliphatic heterocycles. The molecule has 170 valence electrons. The van der Waals surface area contributed by atoms with E-state index in [1.807, 2.05) is 19.9 Å². The summed E-state index contributed by atoms with van der Waals surface area (Å²) >= 11 is 1.62. The molecule has 0 aliphatic carbocycles. The number of pyridine rings is 1. The van der Waals surface area contributed by atoms with Crippen LogP contribution in [0.25, 0.3) is 21.3 Å². The van der Waals surface area contributed by atoms with Crippen LogP contribution in [0.2, 0.25) is 0 Å². The van der Waals surface area contributed by atoms with Gasteiger partial charge in [0.25, 0.3) is 5.91 Å². The maximum absolute atomic E-state index is 15.4. The summed E-state index contributed by atoms with van der Waals surface area (Å²) in [6.45, 7) is 5.45. The second-order valence-electron chi connectivity index (χ2n) is 8.44. The zero-order chi connectivity index (χ0) is 23.1. The fraction of sp³-hybridized carbons (Fsp3) is 0.333. The van der Waals surface area contributed by atoms with Gasteiger partial charge in [-0.1, -0.05) is 11.3 Å². The van der Waals surface area contributed by atoms with Crippen LogP contribution in [-0.2, 0) is 7.05 Å². The highest BCUT2D eigenvalue weighted by Gasteiger charge is 2.32. The maximum atomic E-state index is 15.4. The summed E-state index contributed by atoms with van der Waals surface area (Å²) in [5, 5.41) is 14.5. The average Bonchev–Trinajstić information content (AvgIpc) is 3.37. The molecule has 1 fully saturated rings. The molecule has 4 heterocycles. The second-order valence-corrected chi connectivity index (χ2v) is 9.35. The number of hydrogen-bond acceptors (Lipinski definition) is 6. The topological polar surface area (TPSA) is 75.9 Å². The minimum atomic E-state index is -0.578. The molecule has 0 bridgehead atoms. The zero-order valence-corrected chi connectivity index (χ0v) is 19.6. The Hall–Kier alpha value is -3.17. The van der Waals surface area contributed by atoms with Crippen LogP contribution in [0.1, 0.15) is 34.5 Å². The molecule has 7 nitrogen and oxygen atoms in total. The molecule has 1 aliphatic rings. The first kappa shape index (κ1) is 21.7. The highest BCUT2D eigenvalue weighted by Crippen LogP contribution is 2.35. The number of fused-ring (bicyclic) bond motifs is 1. The molecule has 0 radical (unpaired) electrons. The van der Waals surface area contributed by atoms with Crippen molar-refractivity contribution >= 4 is 33.1 Å². The number of hydrogen-bond donors (Lipinski definition) is 1. The largest absolute Gasteiger partial charge is 0.315 e. The number of amides is 1. The minimum Gasteiger partial charge on any atom is -0.315 e. The first-order chi connectivity index (χ1) is 16.0. The van der Waals surface area contributed by atoms with E-state index in [1.54, 1.807) is 46.3 Å². The van der Waals surface area contributed by atoms with E-state index >= 15 is 4.39 Å². The number of carbonyl (C=O) groups excluding carboxylic acids is 1. The number of aromatic nitrogens is 4. The Morgan fingerprint density at radius 1 is 1.30 bits per heavy atom. The fourth-order valence-electron chi connectivity index (χ4n) is 4.42. The van der Waals surface area contributed by atoms with Gasteiger partial charge in [-0.2, -0.15) is 0 Å². The summed E-state index contributed by atoms with van der Waals surface area (Å²) in [6.07, 6.45) is 3.50. The van der Waals surface area contributed by atoms with Gasteiger partial charge >= 0.3 is 0 Å². The minimum absolute atomic E-state index is 0.0255. The third kappa shape index (κ3) is 3.81. The van der Waals surface area contributed by atoms with E-state index < -0.39 is 5.82 Å². The summed E-state index contributed by atoms with van der Waals surface area (Å²) in [5.41, 5.74) is 3.11. The van der Waals surface area contributed by atoms with Gasteiger partial charge in [0.15, 0.2) is 0 Å². The molecule has 1 N–H and O–H groups in total. The van der Waals surface area contributed by atoms with E-state index in [0.717, 1.165) is 40.7 Å². The van der Waals surface area contributed by atoms with Crippen LogP contribution in [0, 0.1) is 19.7 Å². The average molecular weight is 465 g/mol. The highest BCUT2D eigenvalue weighted by molar-refractivity contribution is 7.17. The molecule has 1 saturated heterocycles. The van der Waals surface area contributed by atoms with Gasteiger partial charge in [0, 0.05) is 35.4 Å². The van der Waals surface area contributed by atoms with Gasteiger partial charge in [-0.15, -0.1) is 16.4 Å². The first-order valence-corrected chi connectivity index (χ1v) is 11.9. The third-order valence-corrected chi connectivity index (χ3v) is 7.38. The number of rotatable bonds is 4. The molecular formula is C24H25FN6OS. The summed E-state index contributed by atoms with van der Waals surface area (Å²) in [5.74, 6) is -0.363. The number of nitrogens with zero attached hydrogens (tertiary/aromatic N) is 5. The zero-order valence-electron chi connectivity index (χ0n) is 18.8. The lowest BCUT2D eigenvalue weighted by Crippen LogP contribution is -2.49. The Bertz CT molecular complexity index is 1340. The normalized spacial score (nSPS) is 16.3. The Morgan fingerprint density at radius 2 is 2.15 bits per heavy atom. The standard InChI is InChI=1S/C24H25FN6OS/c1-14-13-33-20-8-10-27-23(21(14)20)31(17-5-4-9-26-12-17)24(32)18-7-6-16(11-19(18)25)22-15(2)30(3)29-28-22/h6-8,10-11,13,17,26H,4-5,9,12H2,1-3H3/t17-/m1/s1. The first-order valence-electron chi connectivity index (χ1n) is 11.0. The quantitative estimate of drug-likeness (QED) is 0.489. The molecular weight excluding hydrogens is 439 g/mol. The van der Waals surface area contributed by atoms with E-state index in [9.17, 15) is 4.79 Å². The van der Waals surface area contributed by atoms with Crippen LogP contribution in [-0.4, -0.2) is 45.0 Å². The van der Waals surface area contributed by atoms with Gasteiger partial charge in [0.05, 0.1) is 17.3 Å². The van der Waals surface area contributed by atoms with Gasteiger partial charge in [0.2, 0.25) is 0 Å². The monoisotopic (exact) mass is 464 g/mol. The van der Waals surface area contributed by atoms with Crippen molar-refractivity contribution in [3.63, 3.8) is 0 Å². The smallest absolute Gasteiger partial charge is 0.262 e. The van der Waals surface area contributed by atoms with Crippen LogP contribution >= 0.6 is 11.3 Å². The van der Waals surface area contributed by atoms with E-state index in [4.69, 9.17) is 0 Å². The van der Waals surface area contributed by atoms with Gasteiger partial charge in [0.1, 0.15) is 17.3 Å². The van der Waals surface area contributed by atoms with Gasteiger partial charge in [-0.3, -0.25) is 14.4 Å². The summed E-state index contributed by atoms with van der Waals surface area (Å²) < 4.78 is 18.1.